The van der Waals surface area contributed by atoms with E-state index in [0.29, 0.717) is 0 Å². The first-order valence-electron chi connectivity index (χ1n) is 15.7. The first kappa shape index (κ1) is 58.8. The molecular formula is C28H54GdN5O20. The van der Waals surface area contributed by atoms with Crippen LogP contribution in [-0.2, 0) is 24.0 Å². The topological polar surface area (TPSA) is 437 Å². The molecule has 0 aliphatic rings. The number of likely N-dealkylation sites (N-methyl/N-ethyl adjacent to an activating group) is 2. The monoisotopic (exact) mass is 938 g/mol. The summed E-state index contributed by atoms with van der Waals surface area (Å²) in [5.74, 6) is -7.67. The van der Waals surface area contributed by atoms with Crippen LogP contribution in [-0.4, -0.2) is 244 Å². The Morgan fingerprint density at radius 1 is 0.463 bits per heavy atom. The Labute approximate surface area is 345 Å². The Bertz CT molecular complexity index is 949. The molecule has 0 aromatic carbocycles. The zero-order chi connectivity index (χ0) is 41.8. The maximum atomic E-state index is 10.8. The molecule has 0 amide bonds. The van der Waals surface area contributed by atoms with Crippen molar-refractivity contribution in [3.63, 3.8) is 0 Å². The van der Waals surface area contributed by atoms with Crippen LogP contribution >= 0.6 is 0 Å². The number of hydrogen-bond donors (Lipinski definition) is 12. The Morgan fingerprint density at radius 2 is 0.667 bits per heavy atom. The quantitative estimate of drug-likeness (QED) is 0.0346. The molecule has 25 nitrogen and oxygen atoms in total. The van der Waals surface area contributed by atoms with Gasteiger partial charge in [-0.05, 0) is 14.1 Å². The van der Waals surface area contributed by atoms with Crippen molar-refractivity contribution in [3.05, 3.63) is 0 Å². The van der Waals surface area contributed by atoms with Gasteiger partial charge in [0.1, 0.15) is 36.6 Å². The second-order valence-corrected chi connectivity index (χ2v) is 11.3. The van der Waals surface area contributed by atoms with Crippen molar-refractivity contribution in [1.82, 2.24) is 25.3 Å². The van der Waals surface area contributed by atoms with Gasteiger partial charge in [-0.15, -0.1) is 0 Å². The average Bonchev–Trinajstić information content (AvgIpc) is 3.06. The molecule has 26 heteroatoms. The molecule has 0 spiro atoms. The number of nitrogens with zero attached hydrogens (tertiary/aromatic N) is 3. The van der Waals surface area contributed by atoms with E-state index in [9.17, 15) is 59.7 Å². The molecule has 0 rings (SSSR count). The summed E-state index contributed by atoms with van der Waals surface area (Å²) in [5.41, 5.74) is 0. The van der Waals surface area contributed by atoms with Gasteiger partial charge in [-0.3, -0.25) is 14.7 Å². The summed E-state index contributed by atoms with van der Waals surface area (Å²) < 4.78 is 0. The van der Waals surface area contributed by atoms with Crippen LogP contribution < -0.4 is 36.2 Å². The van der Waals surface area contributed by atoms with Crippen LogP contribution in [0.25, 0.3) is 0 Å². The van der Waals surface area contributed by atoms with Crippen molar-refractivity contribution in [3.8, 4) is 0 Å². The third kappa shape index (κ3) is 31.3. The van der Waals surface area contributed by atoms with Crippen molar-refractivity contribution in [1.29, 1.82) is 0 Å². The molecule has 0 fully saturated rings. The number of carboxylic acid groups (broad SMARTS) is 5. The van der Waals surface area contributed by atoms with Crippen molar-refractivity contribution in [2.24, 2.45) is 0 Å². The van der Waals surface area contributed by atoms with E-state index < -0.39 is 125 Å². The predicted molar refractivity (Wildman–Crippen MR) is 167 cm³/mol. The van der Waals surface area contributed by atoms with Crippen molar-refractivity contribution in [2.75, 3.05) is 99.3 Å². The zero-order valence-electron chi connectivity index (χ0n) is 31.6. The fourth-order valence-corrected chi connectivity index (χ4v) is 3.96. The van der Waals surface area contributed by atoms with Gasteiger partial charge < -0.3 is 111 Å². The van der Waals surface area contributed by atoms with Gasteiger partial charge in [-0.2, -0.15) is 0 Å². The van der Waals surface area contributed by atoms with Crippen LogP contribution in [0.3, 0.4) is 0 Å². The standard InChI is InChI=1S/C14H23N3O10.2C7H17NO5.Gd/c18-10(19)5-15(1-3-16(6-11(20)21)7-12(22)23)2-4-17(8-13(24)25)9-14(26)27;2*1-8-2-4(10)6(12)7(13)5(11)3-9;/h1-9H2,(H,18,19)(H,20,21)(H,22,23)(H,24,25)(H,26,27);2*4-13H,2-3H2,1H3;/q;;;+3/p-3. The smallest absolute Gasteiger partial charge is 0.549 e. The van der Waals surface area contributed by atoms with Crippen LogP contribution in [0, 0.1) is 39.9 Å². The SMILES string of the molecule is CNCC(O)C(O)C(O)C(O)CO.CNCC(O)C(O)C(O)C(O)CO.O=C([O-])CN(CCN(CC(=O)[O-])CC(=O)[O-])CCN(CC(=O)[O-])CC(=O)[O-].[Gd+3].[H+].[H+]. The van der Waals surface area contributed by atoms with Crippen LogP contribution in [0.5, 0.6) is 0 Å². The van der Waals surface area contributed by atoms with Gasteiger partial charge in [-0.25, -0.2) is 0 Å². The number of aliphatic hydroxyl groups excluding tert-OH is 10. The van der Waals surface area contributed by atoms with Gasteiger partial charge in [0.25, 0.3) is 0 Å². The van der Waals surface area contributed by atoms with E-state index in [1.165, 1.54) is 4.90 Å². The molecular weight excluding hydrogens is 884 g/mol. The number of carbonyl (C=O) groups is 5. The van der Waals surface area contributed by atoms with Crippen LogP contribution in [0.1, 0.15) is 2.85 Å². The molecule has 8 unspecified atom stereocenters. The molecule has 0 heterocycles. The zero-order valence-corrected chi connectivity index (χ0v) is 31.8. The predicted octanol–water partition coefficient (Wildman–Crippen LogP) is -15.8. The van der Waals surface area contributed by atoms with Gasteiger partial charge in [0.05, 0.1) is 55.3 Å². The van der Waals surface area contributed by atoms with Crippen LogP contribution in [0.4, 0.5) is 0 Å². The third-order valence-electron chi connectivity index (χ3n) is 6.71. The summed E-state index contributed by atoms with van der Waals surface area (Å²) in [4.78, 5) is 56.4. The van der Waals surface area contributed by atoms with E-state index in [-0.39, 0.29) is 82.1 Å². The Hall–Kier alpha value is -1.93. The van der Waals surface area contributed by atoms with Gasteiger partial charge >= 0.3 is 42.8 Å². The molecule has 0 aromatic rings. The van der Waals surface area contributed by atoms with Gasteiger partial charge in [0.15, 0.2) is 0 Å². The van der Waals surface area contributed by atoms with Crippen LogP contribution in [0.15, 0.2) is 0 Å². The van der Waals surface area contributed by atoms with E-state index >= 15 is 0 Å². The van der Waals surface area contributed by atoms with Crippen LogP contribution in [0.2, 0.25) is 0 Å². The number of nitrogens with one attached hydrogen (secondary N) is 2. The number of rotatable bonds is 28. The number of carbonyl (C=O) groups excluding carboxylic acids is 5. The number of carboxylic acids is 5. The van der Waals surface area contributed by atoms with Gasteiger partial charge in [-0.1, -0.05) is 0 Å². The van der Waals surface area contributed by atoms with E-state index in [2.05, 4.69) is 10.6 Å². The van der Waals surface area contributed by atoms with Gasteiger partial charge in [0, 0.05) is 72.0 Å². The summed E-state index contributed by atoms with van der Waals surface area (Å²) in [5, 5.41) is 148. The minimum absolute atomic E-state index is 0. The van der Waals surface area contributed by atoms with Crippen molar-refractivity contribution in [2.45, 2.75) is 48.8 Å². The molecule has 0 aliphatic heterocycles. The molecule has 1 radical (unpaired) electrons. The van der Waals surface area contributed by atoms with E-state index in [1.807, 2.05) is 0 Å². The first-order chi connectivity index (χ1) is 24.6. The van der Waals surface area contributed by atoms with Gasteiger partial charge in [0.2, 0.25) is 0 Å². The summed E-state index contributed by atoms with van der Waals surface area (Å²) in [6, 6.07) is 0. The summed E-state index contributed by atoms with van der Waals surface area (Å²) in [6.45, 7) is -5.30. The second kappa shape index (κ2) is 34.3. The summed E-state index contributed by atoms with van der Waals surface area (Å²) in [7, 11) is 3.15. The maximum absolute atomic E-state index is 10.8. The fraction of sp³-hybridized carbons (Fsp3) is 0.821. The second-order valence-electron chi connectivity index (χ2n) is 11.3. The van der Waals surface area contributed by atoms with E-state index in [4.69, 9.17) is 40.9 Å². The van der Waals surface area contributed by atoms with Crippen molar-refractivity contribution < 1.29 is 143 Å². The normalized spacial score (nSPS) is 15.5. The maximum Gasteiger partial charge on any atom is 3.00 e. The molecule has 12 N–H and O–H groups in total. The fourth-order valence-electron chi connectivity index (χ4n) is 3.96. The molecule has 0 aliphatic carbocycles. The van der Waals surface area contributed by atoms with E-state index in [1.54, 1.807) is 14.1 Å². The number of aliphatic hydroxyl groups is 10. The Balaban J connectivity index is -0.000000182. The first-order valence-corrected chi connectivity index (χ1v) is 15.7. The molecule has 0 bridgehead atoms. The minimum Gasteiger partial charge on any atom is -0.549 e. The Kier molecular flexibility index (Phi) is 37.4. The minimum atomic E-state index is -1.55. The molecule has 8 atom stereocenters. The van der Waals surface area contributed by atoms with E-state index in [0.717, 1.165) is 9.80 Å². The molecule has 54 heavy (non-hydrogen) atoms. The molecule has 0 saturated carbocycles. The summed E-state index contributed by atoms with van der Waals surface area (Å²) >= 11 is 0. The summed E-state index contributed by atoms with van der Waals surface area (Å²) in [6.07, 6.45) is -11.3. The Morgan fingerprint density at radius 3 is 0.870 bits per heavy atom. The molecule has 0 saturated heterocycles. The van der Waals surface area contributed by atoms with Crippen molar-refractivity contribution >= 4 is 29.8 Å². The molecule has 0 aromatic heterocycles. The molecule has 319 valence electrons. The number of hydrogen-bond acceptors (Lipinski definition) is 25. The average molecular weight is 938 g/mol. The number of aliphatic carboxylic acids is 5. The largest absolute Gasteiger partial charge is 3.00 e. The third-order valence-corrected chi connectivity index (χ3v) is 6.71.